The molecule has 0 aliphatic carbocycles. The molecule has 0 fully saturated rings. The molecule has 0 aliphatic rings. The number of hydrogen-bond acceptors (Lipinski definition) is 3. The maximum atomic E-state index is 9.18. The van der Waals surface area contributed by atoms with E-state index in [2.05, 4.69) is 24.3 Å². The molecule has 17 heavy (non-hydrogen) atoms. The van der Waals surface area contributed by atoms with Crippen LogP contribution in [0.1, 0.15) is 11.1 Å². The molecule has 3 N–H and O–H groups in total. The van der Waals surface area contributed by atoms with Gasteiger partial charge in [0.2, 0.25) is 0 Å². The van der Waals surface area contributed by atoms with Gasteiger partial charge in [-0.2, -0.15) is 0 Å². The summed E-state index contributed by atoms with van der Waals surface area (Å²) in [5.41, 5.74) is 7.90. The highest BCUT2D eigenvalue weighted by atomic mass is 32.2. The lowest BCUT2D eigenvalue weighted by atomic mass is 10.2. The summed E-state index contributed by atoms with van der Waals surface area (Å²) in [6.45, 7) is 0.586. The number of rotatable bonds is 4. The minimum atomic E-state index is 0.311. The van der Waals surface area contributed by atoms with Crippen molar-refractivity contribution in [2.75, 3.05) is 0 Å². The smallest absolute Gasteiger partial charge is 0.115 e. The van der Waals surface area contributed by atoms with Gasteiger partial charge in [-0.15, -0.1) is 11.8 Å². The van der Waals surface area contributed by atoms with Gasteiger partial charge in [0.25, 0.3) is 0 Å². The highest BCUT2D eigenvalue weighted by Gasteiger charge is 1.97. The Labute approximate surface area is 105 Å². The summed E-state index contributed by atoms with van der Waals surface area (Å²) in [5.74, 6) is 1.22. The molecule has 2 rings (SSSR count). The topological polar surface area (TPSA) is 46.2 Å². The molecule has 0 unspecified atom stereocenters. The second kappa shape index (κ2) is 5.75. The van der Waals surface area contributed by atoms with E-state index in [1.54, 1.807) is 23.9 Å². The fourth-order valence-electron chi connectivity index (χ4n) is 1.48. The molecule has 2 aromatic rings. The van der Waals surface area contributed by atoms with E-state index in [9.17, 15) is 5.11 Å². The first-order chi connectivity index (χ1) is 8.28. The van der Waals surface area contributed by atoms with E-state index in [-0.39, 0.29) is 0 Å². The van der Waals surface area contributed by atoms with Gasteiger partial charge in [0.05, 0.1) is 0 Å². The molecule has 3 heteroatoms. The molecule has 0 radical (unpaired) electrons. The Morgan fingerprint density at radius 1 is 0.882 bits per heavy atom. The summed E-state index contributed by atoms with van der Waals surface area (Å²) < 4.78 is 0. The first-order valence-corrected chi connectivity index (χ1v) is 6.46. The van der Waals surface area contributed by atoms with Gasteiger partial charge in [0.1, 0.15) is 5.75 Å². The van der Waals surface area contributed by atoms with Crippen molar-refractivity contribution < 1.29 is 5.11 Å². The zero-order valence-electron chi connectivity index (χ0n) is 9.47. The zero-order chi connectivity index (χ0) is 12.1. The van der Waals surface area contributed by atoms with Crippen LogP contribution in [-0.4, -0.2) is 5.11 Å². The summed E-state index contributed by atoms with van der Waals surface area (Å²) in [6, 6.07) is 15.6. The van der Waals surface area contributed by atoms with Gasteiger partial charge in [-0.25, -0.2) is 0 Å². The van der Waals surface area contributed by atoms with Crippen molar-refractivity contribution in [2.45, 2.75) is 17.2 Å². The fraction of sp³-hybridized carbons (Fsp3) is 0.143. The van der Waals surface area contributed by atoms with Crippen molar-refractivity contribution in [1.82, 2.24) is 0 Å². The first kappa shape index (κ1) is 12.0. The summed E-state index contributed by atoms with van der Waals surface area (Å²) in [4.78, 5) is 1.23. The van der Waals surface area contributed by atoms with Crippen molar-refractivity contribution in [1.29, 1.82) is 0 Å². The molecule has 0 aliphatic heterocycles. The highest BCUT2D eigenvalue weighted by Crippen LogP contribution is 2.23. The summed E-state index contributed by atoms with van der Waals surface area (Å²) in [7, 11) is 0. The second-order valence-electron chi connectivity index (χ2n) is 3.80. The van der Waals surface area contributed by atoms with E-state index in [0.29, 0.717) is 12.3 Å². The van der Waals surface area contributed by atoms with Crippen LogP contribution in [0.15, 0.2) is 53.4 Å². The molecule has 0 heterocycles. The van der Waals surface area contributed by atoms with Crippen LogP contribution < -0.4 is 5.73 Å². The van der Waals surface area contributed by atoms with Gasteiger partial charge in [-0.05, 0) is 35.4 Å². The van der Waals surface area contributed by atoms with E-state index < -0.39 is 0 Å². The third-order valence-corrected chi connectivity index (χ3v) is 3.58. The maximum Gasteiger partial charge on any atom is 0.115 e. The second-order valence-corrected chi connectivity index (χ2v) is 4.85. The Balaban J connectivity index is 1.95. The van der Waals surface area contributed by atoms with E-state index in [1.807, 2.05) is 12.1 Å². The van der Waals surface area contributed by atoms with Crippen molar-refractivity contribution >= 4 is 11.8 Å². The third-order valence-electron chi connectivity index (χ3n) is 2.50. The molecule has 88 valence electrons. The predicted octanol–water partition coefficient (Wildman–Crippen LogP) is 3.14. The van der Waals surface area contributed by atoms with Crippen LogP contribution in [0.5, 0.6) is 5.75 Å². The normalized spacial score (nSPS) is 10.4. The number of thioether (sulfide) groups is 1. The number of phenolic OH excluding ortho intramolecular Hbond substituents is 1. The molecule has 0 atom stereocenters. The van der Waals surface area contributed by atoms with Crippen molar-refractivity contribution in [3.05, 3.63) is 59.7 Å². The van der Waals surface area contributed by atoms with Crippen LogP contribution in [0.25, 0.3) is 0 Å². The Morgan fingerprint density at radius 2 is 1.47 bits per heavy atom. The van der Waals surface area contributed by atoms with Crippen LogP contribution in [0.4, 0.5) is 0 Å². The highest BCUT2D eigenvalue weighted by molar-refractivity contribution is 7.98. The van der Waals surface area contributed by atoms with E-state index in [4.69, 9.17) is 5.73 Å². The van der Waals surface area contributed by atoms with Crippen LogP contribution in [0, 0.1) is 0 Å². The quantitative estimate of drug-likeness (QED) is 0.813. The molecule has 0 saturated carbocycles. The lowest BCUT2D eigenvalue weighted by molar-refractivity contribution is 0.475. The fourth-order valence-corrected chi connectivity index (χ4v) is 2.33. The molecule has 2 nitrogen and oxygen atoms in total. The summed E-state index contributed by atoms with van der Waals surface area (Å²) >= 11 is 1.78. The molecule has 0 saturated heterocycles. The van der Waals surface area contributed by atoms with Crippen LogP contribution in [0.3, 0.4) is 0 Å². The van der Waals surface area contributed by atoms with Crippen molar-refractivity contribution in [3.63, 3.8) is 0 Å². The number of nitrogens with two attached hydrogens (primary N) is 1. The number of aromatic hydroxyl groups is 1. The summed E-state index contributed by atoms with van der Waals surface area (Å²) in [5, 5.41) is 9.18. The Morgan fingerprint density at radius 3 is 2.06 bits per heavy atom. The third kappa shape index (κ3) is 3.51. The van der Waals surface area contributed by atoms with E-state index in [0.717, 1.165) is 11.3 Å². The monoisotopic (exact) mass is 245 g/mol. The van der Waals surface area contributed by atoms with Crippen molar-refractivity contribution in [2.24, 2.45) is 5.73 Å². The molecule has 0 amide bonds. The average Bonchev–Trinajstić information content (AvgIpc) is 2.39. The average molecular weight is 245 g/mol. The van der Waals surface area contributed by atoms with Crippen LogP contribution >= 0.6 is 11.8 Å². The van der Waals surface area contributed by atoms with Gasteiger partial charge < -0.3 is 10.8 Å². The Kier molecular flexibility index (Phi) is 4.07. The standard InChI is InChI=1S/C14H15NOS/c15-9-11-3-7-14(8-4-11)17-10-12-1-5-13(16)6-2-12/h1-8,16H,9-10,15H2. The molecule has 0 spiro atoms. The number of phenols is 1. The predicted molar refractivity (Wildman–Crippen MR) is 72.0 cm³/mol. The first-order valence-electron chi connectivity index (χ1n) is 5.47. The van der Waals surface area contributed by atoms with Gasteiger partial charge in [-0.3, -0.25) is 0 Å². The van der Waals surface area contributed by atoms with E-state index in [1.165, 1.54) is 10.5 Å². The lowest BCUT2D eigenvalue weighted by Crippen LogP contribution is -1.94. The van der Waals surface area contributed by atoms with E-state index >= 15 is 0 Å². The molecular weight excluding hydrogens is 230 g/mol. The number of benzene rings is 2. The zero-order valence-corrected chi connectivity index (χ0v) is 10.3. The number of hydrogen-bond donors (Lipinski definition) is 2. The molecular formula is C14H15NOS. The van der Waals surface area contributed by atoms with Gasteiger partial charge in [0.15, 0.2) is 0 Å². The Hall–Kier alpha value is -1.45. The Bertz CT molecular complexity index is 465. The summed E-state index contributed by atoms with van der Waals surface area (Å²) in [6.07, 6.45) is 0. The maximum absolute atomic E-state index is 9.18. The van der Waals surface area contributed by atoms with Gasteiger partial charge >= 0.3 is 0 Å². The van der Waals surface area contributed by atoms with Crippen molar-refractivity contribution in [3.8, 4) is 5.75 Å². The van der Waals surface area contributed by atoms with Gasteiger partial charge in [-0.1, -0.05) is 24.3 Å². The minimum Gasteiger partial charge on any atom is -0.508 e. The van der Waals surface area contributed by atoms with Gasteiger partial charge in [0, 0.05) is 17.2 Å². The lowest BCUT2D eigenvalue weighted by Gasteiger charge is -2.03. The molecule has 0 aromatic heterocycles. The minimum absolute atomic E-state index is 0.311. The SMILES string of the molecule is NCc1ccc(SCc2ccc(O)cc2)cc1. The van der Waals surface area contributed by atoms with Crippen LogP contribution in [-0.2, 0) is 12.3 Å². The molecule has 0 bridgehead atoms. The largest absolute Gasteiger partial charge is 0.508 e. The molecule has 2 aromatic carbocycles. The van der Waals surface area contributed by atoms with Crippen LogP contribution in [0.2, 0.25) is 0 Å².